The van der Waals surface area contributed by atoms with Crippen LogP contribution < -0.4 is 0 Å². The number of ketones is 3. The van der Waals surface area contributed by atoms with Gasteiger partial charge in [-0.2, -0.15) is 0 Å². The van der Waals surface area contributed by atoms with Gasteiger partial charge in [-0.1, -0.05) is 19.4 Å². The number of hydrogen-bond acceptors (Lipinski definition) is 8. The van der Waals surface area contributed by atoms with Crippen LogP contribution in [0.1, 0.15) is 71.6 Å². The summed E-state index contributed by atoms with van der Waals surface area (Å²) in [4.78, 5) is 36.9. The molecule has 3 saturated carbocycles. The highest BCUT2D eigenvalue weighted by atomic mass is 16.6. The molecule has 4 unspecified atom stereocenters. The van der Waals surface area contributed by atoms with Gasteiger partial charge in [0.1, 0.15) is 18.8 Å². The molecule has 0 amide bonds. The summed E-state index contributed by atoms with van der Waals surface area (Å²) in [7, 11) is 0. The average Bonchev–Trinajstić information content (AvgIpc) is 3.19. The maximum atomic E-state index is 13.2. The van der Waals surface area contributed by atoms with Crippen molar-refractivity contribution >= 4 is 17.3 Å². The van der Waals surface area contributed by atoms with Crippen LogP contribution in [0.15, 0.2) is 11.6 Å². The Kier molecular flexibility index (Phi) is 7.70. The summed E-state index contributed by atoms with van der Waals surface area (Å²) in [6.07, 6.45) is 3.16. The molecular formula is C27H40O8. The van der Waals surface area contributed by atoms with Crippen molar-refractivity contribution in [3.8, 4) is 0 Å². The SMILES string of the molecule is C[C@]12CCC(=O)C=C1CC[C@@H]1[C@@H]2CC[C@]2(C)C(C(=O)COC(O)C(O)C(O)C(=O)CCO)CC[C@@H]12. The summed E-state index contributed by atoms with van der Waals surface area (Å²) in [5.74, 6) is 0.619. The van der Waals surface area contributed by atoms with Crippen LogP contribution in [-0.2, 0) is 19.1 Å². The predicted octanol–water partition coefficient (Wildman–Crippen LogP) is 1.71. The molecule has 0 aliphatic heterocycles. The first-order valence-electron chi connectivity index (χ1n) is 13.1. The largest absolute Gasteiger partial charge is 0.396 e. The summed E-state index contributed by atoms with van der Waals surface area (Å²) in [5, 5.41) is 38.7. The summed E-state index contributed by atoms with van der Waals surface area (Å²) in [6, 6.07) is 0. The molecule has 0 bridgehead atoms. The first kappa shape index (κ1) is 26.6. The second kappa shape index (κ2) is 10.1. The van der Waals surface area contributed by atoms with Crippen LogP contribution in [-0.4, -0.2) is 69.5 Å². The molecule has 0 spiro atoms. The summed E-state index contributed by atoms with van der Waals surface area (Å²) in [5.41, 5.74) is 1.26. The first-order valence-corrected chi connectivity index (χ1v) is 13.1. The highest BCUT2D eigenvalue weighted by molar-refractivity contribution is 5.91. The van der Waals surface area contributed by atoms with Crippen molar-refractivity contribution in [2.45, 2.75) is 90.1 Å². The van der Waals surface area contributed by atoms with E-state index in [1.165, 1.54) is 5.57 Å². The smallest absolute Gasteiger partial charge is 0.184 e. The standard InChI is InChI=1S/C27H40O8/c1-26-10-7-16(29)13-15(26)3-4-17-18-5-6-20(27(18,2)11-8-19(17)26)22(31)14-35-25(34)24(33)23(32)21(30)9-12-28/h13,17-20,23-25,28,32-34H,3-12,14H2,1-2H3/t17-,18-,19-,20?,23?,24?,25?,26-,27-/m0/s1. The van der Waals surface area contributed by atoms with Crippen molar-refractivity contribution in [1.29, 1.82) is 0 Å². The summed E-state index contributed by atoms with van der Waals surface area (Å²) >= 11 is 0. The third-order valence-electron chi connectivity index (χ3n) is 10.1. The van der Waals surface area contributed by atoms with Gasteiger partial charge in [-0.15, -0.1) is 0 Å². The molecule has 9 atom stereocenters. The number of ether oxygens (including phenoxy) is 1. The zero-order valence-electron chi connectivity index (χ0n) is 20.8. The Bertz CT molecular complexity index is 882. The van der Waals surface area contributed by atoms with E-state index in [4.69, 9.17) is 9.84 Å². The zero-order chi connectivity index (χ0) is 25.5. The van der Waals surface area contributed by atoms with E-state index in [0.29, 0.717) is 24.2 Å². The lowest BCUT2D eigenvalue weighted by molar-refractivity contribution is -0.193. The number of carbonyl (C=O) groups is 3. The fourth-order valence-corrected chi connectivity index (χ4v) is 8.06. The minimum absolute atomic E-state index is 0.0813. The number of fused-ring (bicyclic) bond motifs is 5. The van der Waals surface area contributed by atoms with Gasteiger partial charge >= 0.3 is 0 Å². The topological polar surface area (TPSA) is 141 Å². The Morgan fingerprint density at radius 1 is 1.06 bits per heavy atom. The molecule has 0 heterocycles. The lowest BCUT2D eigenvalue weighted by atomic mass is 9.46. The van der Waals surface area contributed by atoms with Gasteiger partial charge in [-0.3, -0.25) is 14.4 Å². The molecule has 0 radical (unpaired) electrons. The van der Waals surface area contributed by atoms with Crippen molar-refractivity contribution in [2.24, 2.45) is 34.5 Å². The molecule has 4 aliphatic carbocycles. The Hall–Kier alpha value is -1.45. The van der Waals surface area contributed by atoms with Gasteiger partial charge < -0.3 is 25.2 Å². The van der Waals surface area contributed by atoms with Gasteiger partial charge in [0.2, 0.25) is 0 Å². The Morgan fingerprint density at radius 3 is 2.51 bits per heavy atom. The van der Waals surface area contributed by atoms with E-state index < -0.39 is 37.5 Å². The second-order valence-electron chi connectivity index (χ2n) is 11.7. The average molecular weight is 493 g/mol. The monoisotopic (exact) mass is 492 g/mol. The molecule has 4 rings (SSSR count). The number of aliphatic hydroxyl groups excluding tert-OH is 4. The van der Waals surface area contributed by atoms with E-state index >= 15 is 0 Å². The molecule has 35 heavy (non-hydrogen) atoms. The van der Waals surface area contributed by atoms with E-state index in [1.54, 1.807) is 0 Å². The van der Waals surface area contributed by atoms with E-state index in [-0.39, 0.29) is 34.7 Å². The minimum Gasteiger partial charge on any atom is -0.396 e. The van der Waals surface area contributed by atoms with Gasteiger partial charge in [-0.25, -0.2) is 0 Å². The van der Waals surface area contributed by atoms with Crippen LogP contribution in [0.25, 0.3) is 0 Å². The predicted molar refractivity (Wildman–Crippen MR) is 126 cm³/mol. The van der Waals surface area contributed by atoms with Crippen molar-refractivity contribution < 1.29 is 39.5 Å². The van der Waals surface area contributed by atoms with Crippen molar-refractivity contribution in [3.05, 3.63) is 11.6 Å². The van der Waals surface area contributed by atoms with E-state index in [1.807, 2.05) is 6.08 Å². The van der Waals surface area contributed by atoms with Crippen molar-refractivity contribution in [2.75, 3.05) is 13.2 Å². The van der Waals surface area contributed by atoms with Crippen LogP contribution in [0.5, 0.6) is 0 Å². The van der Waals surface area contributed by atoms with Crippen molar-refractivity contribution in [1.82, 2.24) is 0 Å². The van der Waals surface area contributed by atoms with Gasteiger partial charge in [0, 0.05) is 18.8 Å². The molecule has 8 heteroatoms. The van der Waals surface area contributed by atoms with Gasteiger partial charge in [-0.05, 0) is 79.6 Å². The number of rotatable bonds is 9. The third kappa shape index (κ3) is 4.68. The maximum Gasteiger partial charge on any atom is 0.184 e. The van der Waals surface area contributed by atoms with Crippen LogP contribution >= 0.6 is 0 Å². The fraction of sp³-hybridized carbons (Fsp3) is 0.815. The van der Waals surface area contributed by atoms with E-state index in [0.717, 1.165) is 44.9 Å². The molecule has 0 aromatic heterocycles. The molecule has 8 nitrogen and oxygen atoms in total. The second-order valence-corrected chi connectivity index (χ2v) is 11.7. The Morgan fingerprint density at radius 2 is 1.80 bits per heavy atom. The molecule has 196 valence electrons. The molecule has 4 N–H and O–H groups in total. The van der Waals surface area contributed by atoms with Crippen LogP contribution in [0.2, 0.25) is 0 Å². The molecule has 3 fully saturated rings. The minimum atomic E-state index is -1.89. The highest BCUT2D eigenvalue weighted by Crippen LogP contribution is 2.66. The number of hydrogen-bond donors (Lipinski definition) is 4. The van der Waals surface area contributed by atoms with Gasteiger partial charge in [0.25, 0.3) is 0 Å². The number of allylic oxidation sites excluding steroid dienone is 1. The molecule has 0 saturated heterocycles. The third-order valence-corrected chi connectivity index (χ3v) is 10.1. The van der Waals surface area contributed by atoms with Gasteiger partial charge in [0.05, 0.1) is 6.61 Å². The lowest BCUT2D eigenvalue weighted by Crippen LogP contribution is -2.51. The zero-order valence-corrected chi connectivity index (χ0v) is 20.8. The quantitative estimate of drug-likeness (QED) is 0.357. The Labute approximate surface area is 206 Å². The van der Waals surface area contributed by atoms with E-state index in [9.17, 15) is 29.7 Å². The molecule has 0 aromatic carbocycles. The van der Waals surface area contributed by atoms with E-state index in [2.05, 4.69) is 13.8 Å². The lowest BCUT2D eigenvalue weighted by Gasteiger charge is -2.58. The highest BCUT2D eigenvalue weighted by Gasteiger charge is 2.60. The fourth-order valence-electron chi connectivity index (χ4n) is 8.06. The molecule has 4 aliphatic rings. The normalized spacial score (nSPS) is 39.0. The summed E-state index contributed by atoms with van der Waals surface area (Å²) in [6.45, 7) is 3.68. The van der Waals surface area contributed by atoms with Crippen molar-refractivity contribution in [3.63, 3.8) is 0 Å². The summed E-state index contributed by atoms with van der Waals surface area (Å²) < 4.78 is 5.20. The van der Waals surface area contributed by atoms with Crippen LogP contribution in [0, 0.1) is 34.5 Å². The maximum absolute atomic E-state index is 13.2. The molecule has 0 aromatic rings. The number of Topliss-reactive ketones (excluding diaryl/α,β-unsaturated/α-hetero) is 2. The number of carbonyl (C=O) groups excluding carboxylic acids is 3. The Balaban J connectivity index is 1.39. The van der Waals surface area contributed by atoms with Gasteiger partial charge in [0.15, 0.2) is 23.6 Å². The number of aliphatic hydroxyl groups is 4. The van der Waals surface area contributed by atoms with Crippen LogP contribution in [0.3, 0.4) is 0 Å². The van der Waals surface area contributed by atoms with Crippen LogP contribution in [0.4, 0.5) is 0 Å². The first-order chi connectivity index (χ1) is 16.5. The molecular weight excluding hydrogens is 452 g/mol.